The molecule has 2 saturated heterocycles. The Hall–Kier alpha value is -2.48. The predicted molar refractivity (Wildman–Crippen MR) is 109 cm³/mol. The van der Waals surface area contributed by atoms with E-state index >= 15 is 0 Å². The van der Waals surface area contributed by atoms with Gasteiger partial charge < -0.3 is 14.2 Å². The highest BCUT2D eigenvalue weighted by atomic mass is 19.1. The summed E-state index contributed by atoms with van der Waals surface area (Å²) in [5.41, 5.74) is 0.173. The fourth-order valence-corrected chi connectivity index (χ4v) is 4.54. The molecular weight excluding hydrogens is 387 g/mol. The average Bonchev–Trinajstić information content (AvgIpc) is 3.33. The topological polar surface area (TPSA) is 71.7 Å². The summed E-state index contributed by atoms with van der Waals surface area (Å²) in [7, 11) is 2.11. The van der Waals surface area contributed by atoms with Crippen LogP contribution in [0.25, 0.3) is 0 Å². The molecule has 2 aromatic rings. The summed E-state index contributed by atoms with van der Waals surface area (Å²) in [5, 5.41) is 4.22. The molecule has 3 heterocycles. The van der Waals surface area contributed by atoms with Crippen molar-refractivity contribution in [2.75, 3.05) is 33.3 Å². The molecule has 1 amide bonds. The summed E-state index contributed by atoms with van der Waals surface area (Å²) >= 11 is 0. The summed E-state index contributed by atoms with van der Waals surface area (Å²) in [4.78, 5) is 21.3. The van der Waals surface area contributed by atoms with E-state index in [2.05, 4.69) is 22.1 Å². The standard InChI is InChI=1S/C22H29FN4O3/c1-15(2)21-24-20(25-30-21)18-12-22(14-26(18)3)8-10-27(11-9-22)19(28)13-29-17-6-4-16(23)5-7-17/h4-7,15,18H,8-14H2,1-3H3. The van der Waals surface area contributed by atoms with E-state index in [9.17, 15) is 9.18 Å². The number of ether oxygens (including phenoxy) is 1. The number of hydrogen-bond acceptors (Lipinski definition) is 6. The van der Waals surface area contributed by atoms with Gasteiger partial charge in [0.2, 0.25) is 5.89 Å². The molecular formula is C22H29FN4O3. The van der Waals surface area contributed by atoms with Crippen LogP contribution in [0.1, 0.15) is 56.8 Å². The Kier molecular flexibility index (Phi) is 5.77. The minimum Gasteiger partial charge on any atom is -0.484 e. The van der Waals surface area contributed by atoms with Gasteiger partial charge in [-0.05, 0) is 56.0 Å². The number of piperidine rings is 1. The Labute approximate surface area is 176 Å². The van der Waals surface area contributed by atoms with Gasteiger partial charge in [-0.25, -0.2) is 4.39 Å². The fraction of sp³-hybridized carbons (Fsp3) is 0.591. The maximum atomic E-state index is 13.0. The number of rotatable bonds is 5. The number of halogens is 1. The van der Waals surface area contributed by atoms with Crippen molar-refractivity contribution in [2.24, 2.45) is 5.41 Å². The van der Waals surface area contributed by atoms with Crippen molar-refractivity contribution in [1.29, 1.82) is 0 Å². The van der Waals surface area contributed by atoms with Crippen LogP contribution in [0.3, 0.4) is 0 Å². The van der Waals surface area contributed by atoms with Crippen LogP contribution < -0.4 is 4.74 Å². The first-order valence-corrected chi connectivity index (χ1v) is 10.6. The quantitative estimate of drug-likeness (QED) is 0.744. The van der Waals surface area contributed by atoms with Crippen molar-refractivity contribution in [3.8, 4) is 5.75 Å². The molecule has 1 aromatic carbocycles. The molecule has 8 heteroatoms. The third kappa shape index (κ3) is 4.33. The number of aromatic nitrogens is 2. The third-order valence-electron chi connectivity index (χ3n) is 6.35. The lowest BCUT2D eigenvalue weighted by molar-refractivity contribution is -0.135. The van der Waals surface area contributed by atoms with E-state index in [1.54, 1.807) is 0 Å². The average molecular weight is 416 g/mol. The zero-order chi connectivity index (χ0) is 21.3. The lowest BCUT2D eigenvalue weighted by Crippen LogP contribution is -2.45. The van der Waals surface area contributed by atoms with E-state index in [4.69, 9.17) is 9.26 Å². The molecule has 1 spiro atoms. The second-order valence-corrected chi connectivity index (χ2v) is 8.90. The van der Waals surface area contributed by atoms with Gasteiger partial charge in [-0.3, -0.25) is 9.69 Å². The van der Waals surface area contributed by atoms with E-state index in [1.807, 2.05) is 18.7 Å². The van der Waals surface area contributed by atoms with Crippen LogP contribution in [0.15, 0.2) is 28.8 Å². The van der Waals surface area contributed by atoms with Crippen molar-refractivity contribution < 1.29 is 18.4 Å². The molecule has 1 aromatic heterocycles. The van der Waals surface area contributed by atoms with E-state index in [0.717, 1.165) is 44.7 Å². The van der Waals surface area contributed by atoms with Crippen LogP contribution in [0.2, 0.25) is 0 Å². The minimum atomic E-state index is -0.323. The van der Waals surface area contributed by atoms with Gasteiger partial charge >= 0.3 is 0 Å². The summed E-state index contributed by atoms with van der Waals surface area (Å²) in [6.45, 7) is 6.47. The highest BCUT2D eigenvalue weighted by Gasteiger charge is 2.46. The molecule has 0 radical (unpaired) electrons. The van der Waals surface area contributed by atoms with Crippen LogP contribution in [-0.2, 0) is 4.79 Å². The molecule has 0 N–H and O–H groups in total. The molecule has 2 aliphatic rings. The largest absolute Gasteiger partial charge is 0.484 e. The molecule has 4 rings (SSSR count). The summed E-state index contributed by atoms with van der Waals surface area (Å²) in [6.07, 6.45) is 2.88. The van der Waals surface area contributed by atoms with E-state index < -0.39 is 0 Å². The zero-order valence-corrected chi connectivity index (χ0v) is 17.8. The molecule has 0 aliphatic carbocycles. The van der Waals surface area contributed by atoms with E-state index in [1.165, 1.54) is 24.3 Å². The van der Waals surface area contributed by atoms with Gasteiger partial charge in [0.05, 0.1) is 6.04 Å². The number of benzene rings is 1. The van der Waals surface area contributed by atoms with Crippen molar-refractivity contribution in [3.63, 3.8) is 0 Å². The van der Waals surface area contributed by atoms with Gasteiger partial charge in [-0.1, -0.05) is 19.0 Å². The lowest BCUT2D eigenvalue weighted by atomic mass is 9.76. The Balaban J connectivity index is 1.31. The molecule has 7 nitrogen and oxygen atoms in total. The summed E-state index contributed by atoms with van der Waals surface area (Å²) in [6, 6.07) is 5.87. The molecule has 30 heavy (non-hydrogen) atoms. The number of likely N-dealkylation sites (tertiary alicyclic amines) is 2. The Bertz CT molecular complexity index is 875. The van der Waals surface area contributed by atoms with Gasteiger partial charge in [-0.15, -0.1) is 0 Å². The Morgan fingerprint density at radius 2 is 2.00 bits per heavy atom. The van der Waals surface area contributed by atoms with Gasteiger partial charge in [0, 0.05) is 25.6 Å². The number of nitrogens with zero attached hydrogens (tertiary/aromatic N) is 4. The normalized spacial score (nSPS) is 21.5. The van der Waals surface area contributed by atoms with Crippen LogP contribution >= 0.6 is 0 Å². The molecule has 2 fully saturated rings. The van der Waals surface area contributed by atoms with Crippen LogP contribution in [0.4, 0.5) is 4.39 Å². The second kappa shape index (κ2) is 8.34. The summed E-state index contributed by atoms with van der Waals surface area (Å²) < 4.78 is 23.9. The van der Waals surface area contributed by atoms with Crippen molar-refractivity contribution in [2.45, 2.75) is 45.1 Å². The highest BCUT2D eigenvalue weighted by molar-refractivity contribution is 5.77. The molecule has 1 unspecified atom stereocenters. The van der Waals surface area contributed by atoms with Crippen LogP contribution in [-0.4, -0.2) is 59.1 Å². The fourth-order valence-electron chi connectivity index (χ4n) is 4.54. The highest BCUT2D eigenvalue weighted by Crippen LogP contribution is 2.47. The lowest BCUT2D eigenvalue weighted by Gasteiger charge is -2.39. The van der Waals surface area contributed by atoms with E-state index in [-0.39, 0.29) is 35.7 Å². The van der Waals surface area contributed by atoms with Crippen LogP contribution in [0, 0.1) is 11.2 Å². The van der Waals surface area contributed by atoms with Crippen LogP contribution in [0.5, 0.6) is 5.75 Å². The summed E-state index contributed by atoms with van der Waals surface area (Å²) in [5.74, 6) is 1.82. The monoisotopic (exact) mass is 416 g/mol. The first-order valence-electron chi connectivity index (χ1n) is 10.6. The maximum Gasteiger partial charge on any atom is 0.260 e. The second-order valence-electron chi connectivity index (χ2n) is 8.90. The molecule has 0 bridgehead atoms. The molecule has 0 saturated carbocycles. The van der Waals surface area contributed by atoms with Crippen molar-refractivity contribution in [3.05, 3.63) is 41.8 Å². The SMILES string of the molecule is CC(C)c1nc(C2CC3(CCN(C(=O)COc4ccc(F)cc4)CC3)CN2C)no1. The minimum absolute atomic E-state index is 0.0258. The van der Waals surface area contributed by atoms with Gasteiger partial charge in [0.25, 0.3) is 5.91 Å². The number of amides is 1. The van der Waals surface area contributed by atoms with Gasteiger partial charge in [-0.2, -0.15) is 4.98 Å². The molecule has 2 aliphatic heterocycles. The molecule has 1 atom stereocenters. The Morgan fingerprint density at radius 3 is 2.63 bits per heavy atom. The first-order chi connectivity index (χ1) is 14.3. The third-order valence-corrected chi connectivity index (χ3v) is 6.35. The number of hydrogen-bond donors (Lipinski definition) is 0. The smallest absolute Gasteiger partial charge is 0.260 e. The number of carbonyl (C=O) groups is 1. The van der Waals surface area contributed by atoms with Gasteiger partial charge in [0.15, 0.2) is 12.4 Å². The van der Waals surface area contributed by atoms with E-state index in [0.29, 0.717) is 11.6 Å². The number of carbonyl (C=O) groups excluding carboxylic acids is 1. The first kappa shape index (κ1) is 20.8. The van der Waals surface area contributed by atoms with Gasteiger partial charge in [0.1, 0.15) is 11.6 Å². The van der Waals surface area contributed by atoms with Crippen molar-refractivity contribution in [1.82, 2.24) is 19.9 Å². The Morgan fingerprint density at radius 1 is 1.30 bits per heavy atom. The molecule has 162 valence electrons. The zero-order valence-electron chi connectivity index (χ0n) is 17.8. The maximum absolute atomic E-state index is 13.0. The van der Waals surface area contributed by atoms with Crippen molar-refractivity contribution >= 4 is 5.91 Å². The predicted octanol–water partition coefficient (Wildman–Crippen LogP) is 3.40.